The van der Waals surface area contributed by atoms with Crippen LogP contribution in [0.3, 0.4) is 0 Å². The average Bonchev–Trinajstić information content (AvgIpc) is 2.40. The molecule has 0 saturated heterocycles. The molecule has 1 aromatic carbocycles. The number of aromatic nitrogens is 2. The highest BCUT2D eigenvalue weighted by molar-refractivity contribution is 9.10. The van der Waals surface area contributed by atoms with Crippen molar-refractivity contribution in [1.82, 2.24) is 9.97 Å². The maximum absolute atomic E-state index is 5.59. The number of anilines is 1. The molecule has 21 heavy (non-hydrogen) atoms. The van der Waals surface area contributed by atoms with Crippen molar-refractivity contribution in [3.8, 4) is 0 Å². The summed E-state index contributed by atoms with van der Waals surface area (Å²) in [6.45, 7) is 8.24. The molecule has 3 N–H and O–H groups in total. The van der Waals surface area contributed by atoms with Crippen LogP contribution >= 0.6 is 27.7 Å². The Morgan fingerprint density at radius 2 is 1.95 bits per heavy atom. The largest absolute Gasteiger partial charge is 0.308 e. The van der Waals surface area contributed by atoms with E-state index in [9.17, 15) is 0 Å². The Hall–Kier alpha value is -1.11. The molecule has 0 atom stereocenters. The van der Waals surface area contributed by atoms with Gasteiger partial charge in [0.25, 0.3) is 0 Å². The van der Waals surface area contributed by atoms with Crippen molar-refractivity contribution in [1.29, 1.82) is 0 Å². The fourth-order valence-corrected chi connectivity index (χ4v) is 3.20. The molecule has 0 unspecified atom stereocenters. The Morgan fingerprint density at radius 1 is 1.24 bits per heavy atom. The van der Waals surface area contributed by atoms with Crippen LogP contribution in [0.4, 0.5) is 5.82 Å². The van der Waals surface area contributed by atoms with Gasteiger partial charge in [-0.05, 0) is 25.1 Å². The summed E-state index contributed by atoms with van der Waals surface area (Å²) in [5, 5.41) is 0.918. The van der Waals surface area contributed by atoms with Crippen LogP contribution in [-0.4, -0.2) is 9.97 Å². The average molecular weight is 367 g/mol. The molecule has 0 aliphatic rings. The summed E-state index contributed by atoms with van der Waals surface area (Å²) in [6, 6.07) is 8.14. The van der Waals surface area contributed by atoms with Gasteiger partial charge in [-0.25, -0.2) is 15.8 Å². The van der Waals surface area contributed by atoms with Gasteiger partial charge in [0.2, 0.25) is 0 Å². The van der Waals surface area contributed by atoms with E-state index >= 15 is 0 Å². The van der Waals surface area contributed by atoms with E-state index < -0.39 is 0 Å². The van der Waals surface area contributed by atoms with E-state index in [1.165, 1.54) is 0 Å². The van der Waals surface area contributed by atoms with Crippen molar-refractivity contribution < 1.29 is 0 Å². The highest BCUT2D eigenvalue weighted by atomic mass is 79.9. The quantitative estimate of drug-likeness (QED) is 0.482. The summed E-state index contributed by atoms with van der Waals surface area (Å²) in [4.78, 5) is 10.3. The molecule has 0 radical (unpaired) electrons. The third-order valence-corrected chi connectivity index (χ3v) is 4.49. The summed E-state index contributed by atoms with van der Waals surface area (Å²) < 4.78 is 1.05. The van der Waals surface area contributed by atoms with Gasteiger partial charge < -0.3 is 5.43 Å². The monoisotopic (exact) mass is 366 g/mol. The highest BCUT2D eigenvalue weighted by Crippen LogP contribution is 2.34. The minimum absolute atomic E-state index is 0.133. The number of nitrogen functional groups attached to an aromatic ring is 1. The second-order valence-corrected chi connectivity index (χ2v) is 7.76. The van der Waals surface area contributed by atoms with Gasteiger partial charge in [-0.2, -0.15) is 0 Å². The molecule has 0 fully saturated rings. The summed E-state index contributed by atoms with van der Waals surface area (Å²) in [5.41, 5.74) is 3.49. The van der Waals surface area contributed by atoms with Gasteiger partial charge >= 0.3 is 0 Å². The molecular formula is C15H19BrN4S. The maximum atomic E-state index is 5.59. The van der Waals surface area contributed by atoms with Crippen LogP contribution in [0.2, 0.25) is 0 Å². The van der Waals surface area contributed by atoms with Gasteiger partial charge in [-0.3, -0.25) is 0 Å². The molecule has 0 spiro atoms. The molecular weight excluding hydrogens is 348 g/mol. The van der Waals surface area contributed by atoms with Gasteiger partial charge in [0.1, 0.15) is 16.7 Å². The molecule has 6 heteroatoms. The number of nitrogens with two attached hydrogens (primary N) is 1. The third-order valence-electron chi connectivity index (χ3n) is 2.92. The fraction of sp³-hybridized carbons (Fsp3) is 0.333. The van der Waals surface area contributed by atoms with E-state index in [1.807, 2.05) is 19.1 Å². The molecule has 112 valence electrons. The lowest BCUT2D eigenvalue weighted by Crippen LogP contribution is -2.20. The second kappa shape index (κ2) is 6.34. The number of rotatable bonds is 3. The Morgan fingerprint density at radius 3 is 2.52 bits per heavy atom. The van der Waals surface area contributed by atoms with Gasteiger partial charge in [-0.15, -0.1) is 0 Å². The predicted molar refractivity (Wildman–Crippen MR) is 91.5 cm³/mol. The van der Waals surface area contributed by atoms with E-state index in [-0.39, 0.29) is 5.41 Å². The van der Waals surface area contributed by atoms with Crippen molar-refractivity contribution in [2.24, 2.45) is 5.84 Å². The Kier molecular flexibility index (Phi) is 4.91. The van der Waals surface area contributed by atoms with Crippen molar-refractivity contribution in [3.05, 3.63) is 40.1 Å². The van der Waals surface area contributed by atoms with Gasteiger partial charge in [0.15, 0.2) is 0 Å². The molecule has 0 aliphatic carbocycles. The van der Waals surface area contributed by atoms with Gasteiger partial charge in [-0.1, -0.05) is 54.5 Å². The van der Waals surface area contributed by atoms with Crippen molar-refractivity contribution in [3.63, 3.8) is 0 Å². The van der Waals surface area contributed by atoms with E-state index in [2.05, 4.69) is 59.2 Å². The fourth-order valence-electron chi connectivity index (χ4n) is 1.71. The SMILES string of the molecule is Cc1c(NN)nc(C(C)(C)C)nc1Sc1cccc(Br)c1. The molecule has 2 rings (SSSR count). The molecule has 1 heterocycles. The van der Waals surface area contributed by atoms with Crippen molar-refractivity contribution >= 4 is 33.5 Å². The predicted octanol–water partition coefficient (Wildman–Crippen LogP) is 4.28. The molecule has 2 aromatic rings. The lowest BCUT2D eigenvalue weighted by atomic mass is 9.95. The minimum atomic E-state index is -0.133. The first-order valence-electron chi connectivity index (χ1n) is 6.60. The molecule has 0 aliphatic heterocycles. The second-order valence-electron chi connectivity index (χ2n) is 5.78. The zero-order valence-corrected chi connectivity index (χ0v) is 15.0. The smallest absolute Gasteiger partial charge is 0.147 e. The van der Waals surface area contributed by atoms with E-state index in [1.54, 1.807) is 11.8 Å². The van der Waals surface area contributed by atoms with Crippen molar-refractivity contribution in [2.45, 2.75) is 43.0 Å². The van der Waals surface area contributed by atoms with Crippen LogP contribution in [0.1, 0.15) is 32.2 Å². The lowest BCUT2D eigenvalue weighted by molar-refractivity contribution is 0.538. The van der Waals surface area contributed by atoms with Gasteiger partial charge in [0, 0.05) is 20.3 Å². The zero-order valence-electron chi connectivity index (χ0n) is 12.6. The third kappa shape index (κ3) is 3.96. The summed E-state index contributed by atoms with van der Waals surface area (Å²) in [7, 11) is 0. The molecule has 4 nitrogen and oxygen atoms in total. The van der Waals surface area contributed by atoms with E-state index in [4.69, 9.17) is 10.8 Å². The topological polar surface area (TPSA) is 63.8 Å². The maximum Gasteiger partial charge on any atom is 0.147 e. The summed E-state index contributed by atoms with van der Waals surface area (Å²) in [5.74, 6) is 7.04. The number of halogens is 1. The van der Waals surface area contributed by atoms with Crippen LogP contribution in [0.5, 0.6) is 0 Å². The van der Waals surface area contributed by atoms with Crippen LogP contribution in [0.25, 0.3) is 0 Å². The summed E-state index contributed by atoms with van der Waals surface area (Å²) >= 11 is 5.10. The highest BCUT2D eigenvalue weighted by Gasteiger charge is 2.21. The Balaban J connectivity index is 2.47. The Bertz CT molecular complexity index is 653. The Labute approximate surface area is 138 Å². The first-order chi connectivity index (χ1) is 9.81. The number of benzene rings is 1. The van der Waals surface area contributed by atoms with Crippen LogP contribution in [-0.2, 0) is 5.41 Å². The number of hydrogen-bond donors (Lipinski definition) is 2. The molecule has 1 aromatic heterocycles. The first kappa shape index (κ1) is 16.3. The standard InChI is InChI=1S/C15H19BrN4S/c1-9-12(20-17)18-14(15(2,3)4)19-13(9)21-11-7-5-6-10(16)8-11/h5-8H,17H2,1-4H3,(H,18,19,20). The van der Waals surface area contributed by atoms with Crippen molar-refractivity contribution in [2.75, 3.05) is 5.43 Å². The van der Waals surface area contributed by atoms with Gasteiger partial charge in [0.05, 0.1) is 0 Å². The minimum Gasteiger partial charge on any atom is -0.308 e. The number of hydrogen-bond acceptors (Lipinski definition) is 5. The van der Waals surface area contributed by atoms with Crippen LogP contribution in [0, 0.1) is 6.92 Å². The molecule has 0 bridgehead atoms. The number of hydrazine groups is 1. The molecule has 0 amide bonds. The first-order valence-corrected chi connectivity index (χ1v) is 8.21. The number of nitrogens with one attached hydrogen (secondary N) is 1. The lowest BCUT2D eigenvalue weighted by Gasteiger charge is -2.20. The normalized spacial score (nSPS) is 11.5. The number of nitrogens with zero attached hydrogens (tertiary/aromatic N) is 2. The molecule has 0 saturated carbocycles. The zero-order chi connectivity index (χ0) is 15.6. The van der Waals surface area contributed by atoms with Crippen LogP contribution < -0.4 is 11.3 Å². The summed E-state index contributed by atoms with van der Waals surface area (Å²) in [6.07, 6.45) is 0. The van der Waals surface area contributed by atoms with E-state index in [0.717, 1.165) is 25.8 Å². The van der Waals surface area contributed by atoms with Crippen LogP contribution in [0.15, 0.2) is 38.7 Å². The van der Waals surface area contributed by atoms with E-state index in [0.29, 0.717) is 5.82 Å².